The van der Waals surface area contributed by atoms with Gasteiger partial charge in [-0.05, 0) is 74.8 Å². The second-order valence-electron chi connectivity index (χ2n) is 14.7. The lowest BCUT2D eigenvalue weighted by molar-refractivity contribution is -0.135. The molecule has 1 atom stereocenters. The van der Waals surface area contributed by atoms with Crippen molar-refractivity contribution in [1.29, 1.82) is 0 Å². The molecule has 2 aromatic carbocycles. The van der Waals surface area contributed by atoms with Crippen LogP contribution in [0.4, 0.5) is 11.4 Å². The number of imide groups is 1. The maximum Gasteiger partial charge on any atom is 0.329 e. The van der Waals surface area contributed by atoms with Crippen LogP contribution in [0.2, 0.25) is 0 Å². The minimum absolute atomic E-state index is 0.218. The molecule has 1 aliphatic carbocycles. The number of benzene rings is 2. The third kappa shape index (κ3) is 6.67. The summed E-state index contributed by atoms with van der Waals surface area (Å²) in [5.41, 5.74) is 5.13. The number of anilines is 2. The molecule has 3 amide bonds. The zero-order chi connectivity index (χ0) is 36.8. The van der Waals surface area contributed by atoms with Crippen LogP contribution in [0, 0.1) is 12.8 Å². The van der Waals surface area contributed by atoms with Crippen LogP contribution in [0.3, 0.4) is 0 Å². The number of hydrogen-bond donors (Lipinski definition) is 2. The molecule has 53 heavy (non-hydrogen) atoms. The number of piperidine rings is 1. The summed E-state index contributed by atoms with van der Waals surface area (Å²) in [7, 11) is 3.35. The van der Waals surface area contributed by atoms with Crippen molar-refractivity contribution in [1.82, 2.24) is 34.1 Å². The average molecular weight is 720 g/mol. The van der Waals surface area contributed by atoms with Gasteiger partial charge in [0.15, 0.2) is 0 Å². The molecular formula is C39H45N9O5. The summed E-state index contributed by atoms with van der Waals surface area (Å²) in [4.78, 5) is 59.9. The standard InChI is InChI=1S/C39H45N9O5/c1-24-17-26(21-40-20-24)37(50)41-30-18-27-23-47(43-29(27)19-34(30)53-3)28-9-7-25(8-10-28)22-45-13-15-46(16-14-45)31-5-4-6-32-36(31)44(2)39(52)48(32)33-11-12-35(49)42-38(33)51/h4-6,17-21,23,25,28,33H,7-16,22H2,1-3H3,(H,41,50)(H,42,49,51). The second kappa shape index (κ2) is 14.1. The number of carbonyl (C=O) groups is 3. The molecule has 14 heteroatoms. The van der Waals surface area contributed by atoms with Crippen molar-refractivity contribution in [3.63, 3.8) is 0 Å². The number of hydrogen-bond acceptors (Lipinski definition) is 9. The zero-order valence-electron chi connectivity index (χ0n) is 30.4. The number of aromatic nitrogens is 5. The fraction of sp³-hybridized carbons (Fsp3) is 0.436. The Kier molecular flexibility index (Phi) is 9.23. The van der Waals surface area contributed by atoms with Crippen LogP contribution >= 0.6 is 0 Å². The molecule has 1 unspecified atom stereocenters. The number of piperazine rings is 1. The summed E-state index contributed by atoms with van der Waals surface area (Å²) in [6.07, 6.45) is 10.3. The topological polar surface area (TPSA) is 149 Å². The number of nitrogens with zero attached hydrogens (tertiary/aromatic N) is 7. The minimum atomic E-state index is -0.697. The third-order valence-corrected chi connectivity index (χ3v) is 11.3. The fourth-order valence-electron chi connectivity index (χ4n) is 8.43. The molecule has 0 bridgehead atoms. The Morgan fingerprint density at radius 1 is 1.00 bits per heavy atom. The Bertz CT molecular complexity index is 2270. The van der Waals surface area contributed by atoms with Gasteiger partial charge >= 0.3 is 5.69 Å². The molecule has 2 N–H and O–H groups in total. The van der Waals surface area contributed by atoms with Crippen LogP contribution < -0.4 is 26.0 Å². The highest BCUT2D eigenvalue weighted by molar-refractivity contribution is 6.06. The quantitative estimate of drug-likeness (QED) is 0.225. The molecule has 1 saturated carbocycles. The van der Waals surface area contributed by atoms with Crippen LogP contribution in [0.15, 0.2) is 59.8 Å². The van der Waals surface area contributed by atoms with Crippen LogP contribution in [-0.2, 0) is 16.6 Å². The van der Waals surface area contributed by atoms with Gasteiger partial charge in [-0.15, -0.1) is 0 Å². The van der Waals surface area contributed by atoms with Crippen LogP contribution in [0.1, 0.15) is 66.5 Å². The van der Waals surface area contributed by atoms with Crippen molar-refractivity contribution < 1.29 is 19.1 Å². The van der Waals surface area contributed by atoms with E-state index in [9.17, 15) is 19.2 Å². The molecule has 5 heterocycles. The van der Waals surface area contributed by atoms with Crippen molar-refractivity contribution in [2.75, 3.05) is 50.1 Å². The van der Waals surface area contributed by atoms with E-state index in [2.05, 4.69) is 42.4 Å². The normalized spacial score (nSPS) is 21.3. The van der Waals surface area contributed by atoms with Gasteiger partial charge in [0.25, 0.3) is 5.91 Å². The third-order valence-electron chi connectivity index (χ3n) is 11.3. The Morgan fingerprint density at radius 3 is 2.53 bits per heavy atom. The molecule has 3 aromatic heterocycles. The Labute approximate surface area is 306 Å². The van der Waals surface area contributed by atoms with E-state index in [0.29, 0.717) is 35.4 Å². The van der Waals surface area contributed by atoms with Crippen molar-refractivity contribution >= 4 is 51.0 Å². The van der Waals surface area contributed by atoms with Gasteiger partial charge in [-0.2, -0.15) is 5.10 Å². The van der Waals surface area contributed by atoms with Gasteiger partial charge < -0.3 is 15.0 Å². The Morgan fingerprint density at radius 2 is 1.79 bits per heavy atom. The van der Waals surface area contributed by atoms with Gasteiger partial charge in [0, 0.05) is 76.2 Å². The lowest BCUT2D eigenvalue weighted by atomic mass is 9.85. The number of aryl methyl sites for hydroxylation is 2. The summed E-state index contributed by atoms with van der Waals surface area (Å²) >= 11 is 0. The molecule has 276 valence electrons. The van der Waals surface area contributed by atoms with Gasteiger partial charge in [0.1, 0.15) is 11.8 Å². The summed E-state index contributed by atoms with van der Waals surface area (Å²) in [6, 6.07) is 11.1. The Balaban J connectivity index is 0.880. The number of carbonyl (C=O) groups excluding carboxylic acids is 3. The summed E-state index contributed by atoms with van der Waals surface area (Å²) < 4.78 is 10.9. The largest absolute Gasteiger partial charge is 0.494 e. The number of nitrogens with one attached hydrogen (secondary N) is 2. The van der Waals surface area contributed by atoms with Gasteiger partial charge in [0.2, 0.25) is 11.8 Å². The highest BCUT2D eigenvalue weighted by Crippen LogP contribution is 2.36. The first kappa shape index (κ1) is 34.6. The minimum Gasteiger partial charge on any atom is -0.494 e. The van der Waals surface area contributed by atoms with Gasteiger partial charge in [-0.25, -0.2) is 4.79 Å². The maximum absolute atomic E-state index is 13.4. The van der Waals surface area contributed by atoms with E-state index < -0.39 is 11.9 Å². The fourth-order valence-corrected chi connectivity index (χ4v) is 8.43. The molecule has 0 spiro atoms. The van der Waals surface area contributed by atoms with Gasteiger partial charge in [-0.3, -0.25) is 43.4 Å². The molecule has 8 rings (SSSR count). The second-order valence-corrected chi connectivity index (χ2v) is 14.7. The predicted molar refractivity (Wildman–Crippen MR) is 201 cm³/mol. The van der Waals surface area contributed by atoms with Crippen molar-refractivity contribution in [3.8, 4) is 5.75 Å². The highest BCUT2D eigenvalue weighted by atomic mass is 16.5. The molecule has 3 aliphatic rings. The smallest absolute Gasteiger partial charge is 0.329 e. The number of rotatable bonds is 8. The van der Waals surface area contributed by atoms with Gasteiger partial charge in [-0.1, -0.05) is 6.07 Å². The first-order valence-electron chi connectivity index (χ1n) is 18.5. The first-order valence-corrected chi connectivity index (χ1v) is 18.5. The summed E-state index contributed by atoms with van der Waals surface area (Å²) in [5, 5.41) is 11.3. The number of amides is 3. The molecular weight excluding hydrogens is 674 g/mol. The predicted octanol–water partition coefficient (Wildman–Crippen LogP) is 4.19. The lowest BCUT2D eigenvalue weighted by Gasteiger charge is -2.39. The van der Waals surface area contributed by atoms with E-state index in [1.54, 1.807) is 41.8 Å². The van der Waals surface area contributed by atoms with Gasteiger partial charge in [0.05, 0.1) is 46.6 Å². The summed E-state index contributed by atoms with van der Waals surface area (Å²) in [6.45, 7) is 6.53. The molecule has 3 fully saturated rings. The van der Waals surface area contributed by atoms with E-state index in [-0.39, 0.29) is 23.9 Å². The highest BCUT2D eigenvalue weighted by Gasteiger charge is 2.33. The number of para-hydroxylation sites is 1. The van der Waals surface area contributed by atoms with E-state index in [1.165, 1.54) is 0 Å². The summed E-state index contributed by atoms with van der Waals surface area (Å²) in [5.74, 6) is 0.224. The molecule has 0 radical (unpaired) electrons. The molecule has 5 aromatic rings. The molecule has 2 saturated heterocycles. The average Bonchev–Trinajstić information content (AvgIpc) is 3.69. The van der Waals surface area contributed by atoms with Crippen molar-refractivity contribution in [2.24, 2.45) is 13.0 Å². The number of pyridine rings is 1. The van der Waals surface area contributed by atoms with E-state index in [4.69, 9.17) is 9.84 Å². The maximum atomic E-state index is 13.4. The van der Waals surface area contributed by atoms with Crippen LogP contribution in [0.5, 0.6) is 5.75 Å². The van der Waals surface area contributed by atoms with E-state index in [0.717, 1.165) is 91.6 Å². The number of methoxy groups -OCH3 is 1. The zero-order valence-corrected chi connectivity index (χ0v) is 30.4. The number of fused-ring (bicyclic) bond motifs is 2. The van der Waals surface area contributed by atoms with E-state index in [1.807, 2.05) is 31.2 Å². The van der Waals surface area contributed by atoms with Crippen molar-refractivity contribution in [2.45, 2.75) is 57.5 Å². The molecule has 14 nitrogen and oxygen atoms in total. The SMILES string of the molecule is COc1cc2nn(C3CCC(CN4CCN(c5cccc6c5n(C)c(=O)n6C5CCC(=O)NC5=O)CC4)CC3)cc2cc1NC(=O)c1cncc(C)c1. The number of imidazole rings is 1. The molecule has 2 aliphatic heterocycles. The Hall–Kier alpha value is -5.50. The first-order chi connectivity index (χ1) is 25.7. The lowest BCUT2D eigenvalue weighted by Crippen LogP contribution is -2.48. The van der Waals surface area contributed by atoms with Crippen molar-refractivity contribution in [3.05, 3.63) is 76.6 Å². The van der Waals surface area contributed by atoms with Crippen LogP contribution in [-0.4, -0.2) is 86.4 Å². The monoisotopic (exact) mass is 719 g/mol. The number of ether oxygens (including phenoxy) is 1. The van der Waals surface area contributed by atoms with Crippen LogP contribution in [0.25, 0.3) is 21.9 Å². The van der Waals surface area contributed by atoms with E-state index >= 15 is 0 Å².